The third-order valence-electron chi connectivity index (χ3n) is 3.66. The van der Waals surface area contributed by atoms with Gasteiger partial charge in [-0.3, -0.25) is 0 Å². The molecule has 1 aliphatic rings. The first kappa shape index (κ1) is 14.5. The van der Waals surface area contributed by atoms with Gasteiger partial charge in [0, 0.05) is 18.1 Å². The molecule has 0 spiro atoms. The highest BCUT2D eigenvalue weighted by molar-refractivity contribution is 7.89. The molecule has 2 heterocycles. The van der Waals surface area contributed by atoms with Crippen LogP contribution >= 0.6 is 11.6 Å². The maximum absolute atomic E-state index is 12.7. The van der Waals surface area contributed by atoms with Crippen molar-refractivity contribution in [1.82, 2.24) is 19.3 Å². The van der Waals surface area contributed by atoms with Crippen LogP contribution in [0.15, 0.2) is 35.5 Å². The van der Waals surface area contributed by atoms with Crippen LogP contribution in [-0.4, -0.2) is 40.8 Å². The number of hydrogen-bond donors (Lipinski definition) is 0. The molecule has 1 fully saturated rings. The van der Waals surface area contributed by atoms with Crippen LogP contribution in [0.4, 0.5) is 0 Å². The first-order chi connectivity index (χ1) is 9.98. The van der Waals surface area contributed by atoms with Gasteiger partial charge in [0.05, 0.1) is 23.3 Å². The summed E-state index contributed by atoms with van der Waals surface area (Å²) in [6.07, 6.45) is 3.89. The Morgan fingerprint density at radius 3 is 2.71 bits per heavy atom. The van der Waals surface area contributed by atoms with E-state index in [0.717, 1.165) is 0 Å². The summed E-state index contributed by atoms with van der Waals surface area (Å²) in [5.74, 6) is 0. The van der Waals surface area contributed by atoms with Gasteiger partial charge in [-0.25, -0.2) is 8.42 Å². The van der Waals surface area contributed by atoms with Crippen molar-refractivity contribution in [2.24, 2.45) is 0 Å². The Hall–Kier alpha value is -1.44. The molecule has 6 nitrogen and oxygen atoms in total. The fourth-order valence-electron chi connectivity index (χ4n) is 2.52. The lowest BCUT2D eigenvalue weighted by atomic mass is 10.2. The van der Waals surface area contributed by atoms with Gasteiger partial charge in [-0.2, -0.15) is 19.3 Å². The van der Waals surface area contributed by atoms with Crippen LogP contribution in [0.2, 0.25) is 5.02 Å². The fourth-order valence-corrected chi connectivity index (χ4v) is 4.50. The number of sulfonamides is 1. The van der Waals surface area contributed by atoms with E-state index in [1.807, 2.05) is 0 Å². The third kappa shape index (κ3) is 2.68. The lowest BCUT2D eigenvalue weighted by Crippen LogP contribution is -2.30. The number of hydrogen-bond acceptors (Lipinski definition) is 4. The van der Waals surface area contributed by atoms with Crippen LogP contribution in [-0.2, 0) is 10.0 Å². The molecule has 1 saturated heterocycles. The predicted octanol–water partition coefficient (Wildman–Crippen LogP) is 1.88. The van der Waals surface area contributed by atoms with Gasteiger partial charge in [0.2, 0.25) is 10.0 Å². The number of nitrogens with zero attached hydrogens (tertiary/aromatic N) is 4. The maximum atomic E-state index is 12.7. The van der Waals surface area contributed by atoms with Gasteiger partial charge < -0.3 is 0 Å². The molecule has 0 unspecified atom stereocenters. The Morgan fingerprint density at radius 2 is 2.00 bits per heavy atom. The lowest BCUT2D eigenvalue weighted by molar-refractivity contribution is 0.402. The van der Waals surface area contributed by atoms with Crippen molar-refractivity contribution >= 4 is 21.6 Å². The van der Waals surface area contributed by atoms with Crippen molar-refractivity contribution in [1.29, 1.82) is 0 Å². The molecule has 2 aromatic rings. The van der Waals surface area contributed by atoms with E-state index in [2.05, 4.69) is 10.2 Å². The molecule has 112 valence electrons. The smallest absolute Gasteiger partial charge is 0.207 e. The molecule has 0 N–H and O–H groups in total. The largest absolute Gasteiger partial charge is 0.243 e. The summed E-state index contributed by atoms with van der Waals surface area (Å²) in [7, 11) is -3.54. The molecule has 0 radical (unpaired) electrons. The van der Waals surface area contributed by atoms with Crippen molar-refractivity contribution in [3.8, 4) is 0 Å². The molecule has 0 saturated carbocycles. The minimum absolute atomic E-state index is 0.0192. The molecule has 0 bridgehead atoms. The van der Waals surface area contributed by atoms with Crippen LogP contribution in [0.1, 0.15) is 18.0 Å². The van der Waals surface area contributed by atoms with Gasteiger partial charge in [-0.05, 0) is 31.0 Å². The lowest BCUT2D eigenvalue weighted by Gasteiger charge is -2.18. The first-order valence-corrected chi connectivity index (χ1v) is 8.42. The van der Waals surface area contributed by atoms with Gasteiger partial charge in [0.15, 0.2) is 0 Å². The number of aromatic nitrogens is 3. The molecule has 1 atom stereocenters. The summed E-state index contributed by atoms with van der Waals surface area (Å²) < 4.78 is 27.0. The van der Waals surface area contributed by atoms with E-state index < -0.39 is 10.0 Å². The summed E-state index contributed by atoms with van der Waals surface area (Å²) in [6.45, 7) is 2.61. The van der Waals surface area contributed by atoms with Crippen molar-refractivity contribution < 1.29 is 8.42 Å². The van der Waals surface area contributed by atoms with Crippen LogP contribution in [0.25, 0.3) is 0 Å². The quantitative estimate of drug-likeness (QED) is 0.863. The van der Waals surface area contributed by atoms with Gasteiger partial charge in [-0.1, -0.05) is 17.7 Å². The summed E-state index contributed by atoms with van der Waals surface area (Å²) in [6, 6.07) is 4.90. The van der Waals surface area contributed by atoms with E-state index in [9.17, 15) is 8.42 Å². The number of rotatable bonds is 3. The molecule has 0 amide bonds. The Morgan fingerprint density at radius 1 is 1.29 bits per heavy atom. The molecule has 1 aliphatic heterocycles. The standard InChI is InChI=1S/C13H15ClN4O2S/c1-10-2-3-11(14)8-13(10)21(19,20)17-7-4-12(9-17)18-15-5-6-16-18/h2-3,5-6,8,12H,4,7,9H2,1H3/t12-/m0/s1. The summed E-state index contributed by atoms with van der Waals surface area (Å²) >= 11 is 5.93. The zero-order valence-corrected chi connectivity index (χ0v) is 13.0. The van der Waals surface area contributed by atoms with Gasteiger partial charge >= 0.3 is 0 Å². The molecule has 8 heteroatoms. The average Bonchev–Trinajstić information content (AvgIpc) is 3.11. The van der Waals surface area contributed by atoms with Crippen LogP contribution in [0, 0.1) is 6.92 Å². The number of halogens is 1. The monoisotopic (exact) mass is 326 g/mol. The number of benzene rings is 1. The summed E-state index contributed by atoms with van der Waals surface area (Å²) in [5.41, 5.74) is 0.695. The molecule has 21 heavy (non-hydrogen) atoms. The Kier molecular flexibility index (Phi) is 3.73. The van der Waals surface area contributed by atoms with Crippen molar-refractivity contribution in [3.63, 3.8) is 0 Å². The minimum atomic E-state index is -3.54. The third-order valence-corrected chi connectivity index (χ3v) is 5.90. The topological polar surface area (TPSA) is 68.1 Å². The van der Waals surface area contributed by atoms with E-state index >= 15 is 0 Å². The first-order valence-electron chi connectivity index (χ1n) is 6.60. The highest BCUT2D eigenvalue weighted by atomic mass is 35.5. The number of aryl methyl sites for hydroxylation is 1. The summed E-state index contributed by atoms with van der Waals surface area (Å²) in [5, 5.41) is 8.58. The van der Waals surface area contributed by atoms with E-state index in [0.29, 0.717) is 30.1 Å². The Balaban J connectivity index is 1.88. The molecule has 3 rings (SSSR count). The predicted molar refractivity (Wildman–Crippen MR) is 78.6 cm³/mol. The van der Waals surface area contributed by atoms with Gasteiger partial charge in [-0.15, -0.1) is 0 Å². The van der Waals surface area contributed by atoms with Gasteiger partial charge in [0.1, 0.15) is 0 Å². The normalized spacial score (nSPS) is 20.0. The zero-order chi connectivity index (χ0) is 15.0. The zero-order valence-electron chi connectivity index (χ0n) is 11.5. The maximum Gasteiger partial charge on any atom is 0.243 e. The van der Waals surface area contributed by atoms with E-state index in [1.54, 1.807) is 36.2 Å². The molecule has 1 aromatic carbocycles. The van der Waals surface area contributed by atoms with Crippen molar-refractivity contribution in [3.05, 3.63) is 41.2 Å². The van der Waals surface area contributed by atoms with E-state index in [4.69, 9.17) is 11.6 Å². The Labute approximate surface area is 128 Å². The highest BCUT2D eigenvalue weighted by Gasteiger charge is 2.34. The molecule has 0 aliphatic carbocycles. The highest BCUT2D eigenvalue weighted by Crippen LogP contribution is 2.29. The van der Waals surface area contributed by atoms with E-state index in [-0.39, 0.29) is 10.9 Å². The summed E-state index contributed by atoms with van der Waals surface area (Å²) in [4.78, 5) is 1.84. The minimum Gasteiger partial charge on any atom is -0.207 e. The van der Waals surface area contributed by atoms with Gasteiger partial charge in [0.25, 0.3) is 0 Å². The van der Waals surface area contributed by atoms with Crippen LogP contribution < -0.4 is 0 Å². The fraction of sp³-hybridized carbons (Fsp3) is 0.385. The second kappa shape index (κ2) is 5.40. The van der Waals surface area contributed by atoms with Crippen LogP contribution in [0.3, 0.4) is 0 Å². The van der Waals surface area contributed by atoms with E-state index in [1.165, 1.54) is 10.4 Å². The average molecular weight is 327 g/mol. The van der Waals surface area contributed by atoms with Crippen molar-refractivity contribution in [2.45, 2.75) is 24.3 Å². The molecule has 1 aromatic heterocycles. The Bertz CT molecular complexity index is 746. The second-order valence-corrected chi connectivity index (χ2v) is 7.41. The van der Waals surface area contributed by atoms with Crippen molar-refractivity contribution in [2.75, 3.05) is 13.1 Å². The molecular weight excluding hydrogens is 312 g/mol. The van der Waals surface area contributed by atoms with Crippen LogP contribution in [0.5, 0.6) is 0 Å². The second-order valence-electron chi connectivity index (χ2n) is 5.06. The SMILES string of the molecule is Cc1ccc(Cl)cc1S(=O)(=O)N1CC[C@H](n2nccn2)C1. The molecular formula is C13H15ClN4O2S.